The molecule has 0 N–H and O–H groups in total. The standard InChI is InChI=1S/C22H18FN3OS/c1-13-16(11-14-8-9-15(23)12-18(14)24-13)22(27)26-10-4-6-19(26)21-25-17-5-2-3-7-20(17)28-21/h2-3,5,7-9,11-12,19H,4,6,10H2,1H3. The fourth-order valence-corrected chi connectivity index (χ4v) is 5.02. The molecule has 4 aromatic rings. The molecule has 2 aromatic carbocycles. The van der Waals surface area contributed by atoms with E-state index in [-0.39, 0.29) is 17.8 Å². The maximum absolute atomic E-state index is 13.5. The van der Waals surface area contributed by atoms with E-state index in [2.05, 4.69) is 11.1 Å². The van der Waals surface area contributed by atoms with E-state index in [1.807, 2.05) is 29.2 Å². The number of benzene rings is 2. The van der Waals surface area contributed by atoms with Gasteiger partial charge >= 0.3 is 0 Å². The number of carbonyl (C=O) groups is 1. The average molecular weight is 391 g/mol. The van der Waals surface area contributed by atoms with Crippen molar-refractivity contribution in [2.75, 3.05) is 6.54 Å². The fourth-order valence-electron chi connectivity index (χ4n) is 3.91. The Labute approximate surface area is 165 Å². The van der Waals surface area contributed by atoms with Crippen LogP contribution in [0.15, 0.2) is 48.5 Å². The molecule has 0 aliphatic carbocycles. The summed E-state index contributed by atoms with van der Waals surface area (Å²) in [7, 11) is 0. The van der Waals surface area contributed by atoms with Crippen LogP contribution in [-0.2, 0) is 0 Å². The molecule has 1 aliphatic heterocycles. The molecule has 1 fully saturated rings. The molecular weight excluding hydrogens is 373 g/mol. The van der Waals surface area contributed by atoms with Gasteiger partial charge in [-0.05, 0) is 50.1 Å². The van der Waals surface area contributed by atoms with Gasteiger partial charge < -0.3 is 4.90 Å². The Bertz CT molecular complexity index is 1190. The maximum Gasteiger partial charge on any atom is 0.256 e. The average Bonchev–Trinajstić information content (AvgIpc) is 3.33. The van der Waals surface area contributed by atoms with Crippen LogP contribution in [0, 0.1) is 12.7 Å². The fraction of sp³-hybridized carbons (Fsp3) is 0.227. The first-order chi connectivity index (χ1) is 13.6. The Balaban J connectivity index is 1.52. The topological polar surface area (TPSA) is 46.1 Å². The first-order valence-electron chi connectivity index (χ1n) is 9.33. The van der Waals surface area contributed by atoms with Gasteiger partial charge in [-0.25, -0.2) is 9.37 Å². The van der Waals surface area contributed by atoms with E-state index < -0.39 is 0 Å². The van der Waals surface area contributed by atoms with Gasteiger partial charge in [-0.1, -0.05) is 12.1 Å². The third-order valence-corrected chi connectivity index (χ3v) is 6.45. The minimum Gasteiger partial charge on any atom is -0.329 e. The third-order valence-electron chi connectivity index (χ3n) is 5.31. The summed E-state index contributed by atoms with van der Waals surface area (Å²) in [5, 5.41) is 1.76. The molecule has 0 saturated carbocycles. The number of carbonyl (C=O) groups excluding carboxylic acids is 1. The summed E-state index contributed by atoms with van der Waals surface area (Å²) >= 11 is 1.66. The van der Waals surface area contributed by atoms with Crippen molar-refractivity contribution >= 4 is 38.4 Å². The van der Waals surface area contributed by atoms with Gasteiger partial charge in [0.1, 0.15) is 10.8 Å². The van der Waals surface area contributed by atoms with Crippen molar-refractivity contribution in [3.63, 3.8) is 0 Å². The second-order valence-corrected chi connectivity index (χ2v) is 8.20. The highest BCUT2D eigenvalue weighted by Gasteiger charge is 2.33. The number of aromatic nitrogens is 2. The van der Waals surface area contributed by atoms with Gasteiger partial charge in [0, 0.05) is 18.0 Å². The van der Waals surface area contributed by atoms with Gasteiger partial charge in [0.15, 0.2) is 0 Å². The molecular formula is C22H18FN3OS. The molecule has 28 heavy (non-hydrogen) atoms. The Morgan fingerprint density at radius 1 is 1.14 bits per heavy atom. The van der Waals surface area contributed by atoms with E-state index in [0.29, 0.717) is 23.3 Å². The van der Waals surface area contributed by atoms with Crippen LogP contribution in [0.4, 0.5) is 4.39 Å². The zero-order valence-corrected chi connectivity index (χ0v) is 16.2. The predicted molar refractivity (Wildman–Crippen MR) is 109 cm³/mol. The van der Waals surface area contributed by atoms with Crippen LogP contribution in [0.5, 0.6) is 0 Å². The van der Waals surface area contributed by atoms with E-state index in [1.165, 1.54) is 12.1 Å². The summed E-state index contributed by atoms with van der Waals surface area (Å²) in [6.45, 7) is 2.51. The first-order valence-corrected chi connectivity index (χ1v) is 10.1. The minimum absolute atomic E-state index is 0.00628. The summed E-state index contributed by atoms with van der Waals surface area (Å²) in [4.78, 5) is 24.5. The van der Waals surface area contributed by atoms with Gasteiger partial charge in [0.2, 0.25) is 0 Å². The zero-order valence-electron chi connectivity index (χ0n) is 15.4. The quantitative estimate of drug-likeness (QED) is 0.468. The van der Waals surface area contributed by atoms with Crippen molar-refractivity contribution in [1.82, 2.24) is 14.9 Å². The van der Waals surface area contributed by atoms with Gasteiger partial charge in [-0.15, -0.1) is 11.3 Å². The molecule has 1 atom stereocenters. The van der Waals surface area contributed by atoms with Crippen LogP contribution in [0.3, 0.4) is 0 Å². The van der Waals surface area contributed by atoms with E-state index in [1.54, 1.807) is 24.3 Å². The van der Waals surface area contributed by atoms with Gasteiger partial charge in [0.05, 0.1) is 33.0 Å². The summed E-state index contributed by atoms with van der Waals surface area (Å²) in [6, 6.07) is 14.3. The molecule has 1 saturated heterocycles. The molecule has 0 bridgehead atoms. The van der Waals surface area contributed by atoms with E-state index in [4.69, 9.17) is 4.98 Å². The number of para-hydroxylation sites is 1. The summed E-state index contributed by atoms with van der Waals surface area (Å²) < 4.78 is 14.6. The molecule has 5 rings (SSSR count). The number of aryl methyl sites for hydroxylation is 1. The number of hydrogen-bond acceptors (Lipinski definition) is 4. The predicted octanol–water partition coefficient (Wildman–Crippen LogP) is 5.27. The van der Waals surface area contributed by atoms with E-state index >= 15 is 0 Å². The van der Waals surface area contributed by atoms with E-state index in [9.17, 15) is 9.18 Å². The van der Waals surface area contributed by atoms with Crippen LogP contribution in [0.1, 0.15) is 39.9 Å². The van der Waals surface area contributed by atoms with Gasteiger partial charge in [-0.2, -0.15) is 0 Å². The Morgan fingerprint density at radius 3 is 2.86 bits per heavy atom. The molecule has 3 heterocycles. The largest absolute Gasteiger partial charge is 0.329 e. The lowest BCUT2D eigenvalue weighted by molar-refractivity contribution is 0.0734. The zero-order chi connectivity index (χ0) is 19.3. The van der Waals surface area contributed by atoms with Crippen molar-refractivity contribution < 1.29 is 9.18 Å². The van der Waals surface area contributed by atoms with Crippen molar-refractivity contribution in [3.05, 3.63) is 70.6 Å². The number of halogens is 1. The number of likely N-dealkylation sites (tertiary alicyclic amines) is 1. The highest BCUT2D eigenvalue weighted by Crippen LogP contribution is 2.37. The second-order valence-electron chi connectivity index (χ2n) is 7.13. The molecule has 6 heteroatoms. The summed E-state index contributed by atoms with van der Waals surface area (Å²) in [5.74, 6) is -0.355. The molecule has 1 aliphatic rings. The maximum atomic E-state index is 13.5. The van der Waals surface area contributed by atoms with Crippen molar-refractivity contribution in [3.8, 4) is 0 Å². The molecule has 0 radical (unpaired) electrons. The smallest absolute Gasteiger partial charge is 0.256 e. The summed E-state index contributed by atoms with van der Waals surface area (Å²) in [5.41, 5.74) is 2.75. The van der Waals surface area contributed by atoms with Crippen LogP contribution in [-0.4, -0.2) is 27.3 Å². The van der Waals surface area contributed by atoms with Crippen LogP contribution >= 0.6 is 11.3 Å². The molecule has 1 amide bonds. The second kappa shape index (κ2) is 6.63. The van der Waals surface area contributed by atoms with Crippen molar-refractivity contribution in [2.24, 2.45) is 0 Å². The monoisotopic (exact) mass is 391 g/mol. The molecule has 140 valence electrons. The number of rotatable bonds is 2. The highest BCUT2D eigenvalue weighted by molar-refractivity contribution is 7.18. The lowest BCUT2D eigenvalue weighted by atomic mass is 10.1. The lowest BCUT2D eigenvalue weighted by Crippen LogP contribution is -2.31. The molecule has 1 unspecified atom stereocenters. The Hall–Kier alpha value is -2.86. The third kappa shape index (κ3) is 2.85. The first kappa shape index (κ1) is 17.3. The van der Waals surface area contributed by atoms with Crippen LogP contribution < -0.4 is 0 Å². The number of pyridine rings is 1. The van der Waals surface area contributed by atoms with Crippen molar-refractivity contribution in [1.29, 1.82) is 0 Å². The Morgan fingerprint density at radius 2 is 2.00 bits per heavy atom. The van der Waals surface area contributed by atoms with Crippen LogP contribution in [0.2, 0.25) is 0 Å². The van der Waals surface area contributed by atoms with Gasteiger partial charge in [-0.3, -0.25) is 9.78 Å². The number of nitrogens with zero attached hydrogens (tertiary/aromatic N) is 3. The number of amides is 1. The number of thiazole rings is 1. The minimum atomic E-state index is -0.325. The Kier molecular flexibility index (Phi) is 4.09. The molecule has 4 nitrogen and oxygen atoms in total. The highest BCUT2D eigenvalue weighted by atomic mass is 32.1. The van der Waals surface area contributed by atoms with Crippen LogP contribution in [0.25, 0.3) is 21.1 Å². The normalized spacial score (nSPS) is 16.9. The van der Waals surface area contributed by atoms with E-state index in [0.717, 1.165) is 33.5 Å². The SMILES string of the molecule is Cc1nc2cc(F)ccc2cc1C(=O)N1CCCC1c1nc2ccccc2s1. The number of hydrogen-bond donors (Lipinski definition) is 0. The number of fused-ring (bicyclic) bond motifs is 2. The summed E-state index contributed by atoms with van der Waals surface area (Å²) in [6.07, 6.45) is 1.87. The lowest BCUT2D eigenvalue weighted by Gasteiger charge is -2.24. The molecule has 0 spiro atoms. The van der Waals surface area contributed by atoms with Crippen molar-refractivity contribution in [2.45, 2.75) is 25.8 Å². The van der Waals surface area contributed by atoms with Gasteiger partial charge in [0.25, 0.3) is 5.91 Å². The molecule has 2 aromatic heterocycles.